The first kappa shape index (κ1) is 19.0. The predicted molar refractivity (Wildman–Crippen MR) is 104 cm³/mol. The second kappa shape index (κ2) is 7.95. The number of hydrogen-bond acceptors (Lipinski definition) is 6. The number of hydrogen-bond donors (Lipinski definition) is 0. The van der Waals surface area contributed by atoms with Crippen molar-refractivity contribution in [2.24, 2.45) is 0 Å². The van der Waals surface area contributed by atoms with E-state index in [-0.39, 0.29) is 17.9 Å². The van der Waals surface area contributed by atoms with Crippen LogP contribution < -0.4 is 14.2 Å². The van der Waals surface area contributed by atoms with Crippen LogP contribution in [0, 0.1) is 0 Å². The zero-order valence-corrected chi connectivity index (χ0v) is 16.1. The summed E-state index contributed by atoms with van der Waals surface area (Å²) >= 11 is 0. The van der Waals surface area contributed by atoms with E-state index in [2.05, 4.69) is 0 Å². The van der Waals surface area contributed by atoms with Crippen molar-refractivity contribution in [2.75, 3.05) is 19.8 Å². The Morgan fingerprint density at radius 1 is 1.03 bits per heavy atom. The number of nitrogens with zero attached hydrogens (tertiary/aromatic N) is 1. The van der Waals surface area contributed by atoms with Crippen LogP contribution in [0.1, 0.15) is 40.5 Å². The number of benzene rings is 2. The van der Waals surface area contributed by atoms with E-state index >= 15 is 0 Å². The summed E-state index contributed by atoms with van der Waals surface area (Å²) in [5.41, 5.74) is 0.620. The van der Waals surface area contributed by atoms with Crippen LogP contribution in [0.15, 0.2) is 42.5 Å². The molecule has 0 saturated carbocycles. The Morgan fingerprint density at radius 3 is 2.59 bits per heavy atom. The van der Waals surface area contributed by atoms with Crippen molar-refractivity contribution in [1.82, 2.24) is 4.90 Å². The van der Waals surface area contributed by atoms with Gasteiger partial charge in [-0.2, -0.15) is 0 Å². The second-order valence-corrected chi connectivity index (χ2v) is 6.90. The molecule has 2 aliphatic heterocycles. The Hall–Kier alpha value is -3.35. The Labute approximate surface area is 168 Å². The van der Waals surface area contributed by atoms with Crippen LogP contribution in [0.25, 0.3) is 0 Å². The van der Waals surface area contributed by atoms with Crippen molar-refractivity contribution in [3.8, 4) is 17.2 Å². The average Bonchev–Trinajstić information content (AvgIpc) is 2.84. The zero-order valence-electron chi connectivity index (χ0n) is 16.1. The molecule has 150 valence electrons. The molecule has 0 spiro atoms. The van der Waals surface area contributed by atoms with Gasteiger partial charge in [0.05, 0.1) is 12.1 Å². The van der Waals surface area contributed by atoms with Crippen molar-refractivity contribution < 1.29 is 28.6 Å². The van der Waals surface area contributed by atoms with Gasteiger partial charge in [0, 0.05) is 5.56 Å². The minimum atomic E-state index is -0.805. The number of ether oxygens (including phenoxy) is 3. The third-order valence-corrected chi connectivity index (χ3v) is 4.89. The molecule has 0 N–H and O–H groups in total. The van der Waals surface area contributed by atoms with Gasteiger partial charge < -0.3 is 14.2 Å². The molecule has 0 radical (unpaired) electrons. The van der Waals surface area contributed by atoms with Crippen molar-refractivity contribution in [3.63, 3.8) is 0 Å². The van der Waals surface area contributed by atoms with Crippen LogP contribution in [0.5, 0.6) is 17.2 Å². The fourth-order valence-electron chi connectivity index (χ4n) is 3.42. The molecule has 2 heterocycles. The molecular weight excluding hydrogens is 374 g/mol. The summed E-state index contributed by atoms with van der Waals surface area (Å²) in [6.45, 7) is 2.42. The number of fused-ring (bicyclic) bond motifs is 2. The summed E-state index contributed by atoms with van der Waals surface area (Å²) in [5, 5.41) is 0. The molecule has 0 aliphatic carbocycles. The SMILES string of the molecule is CCCC1Oc2ccccc2C(=O)N(CC(=O)c2ccc3c(c2)OCCO3)C1=O. The number of ketones is 1. The molecule has 7 heteroatoms. The number of carbonyl (C=O) groups excluding carboxylic acids is 3. The molecule has 1 unspecified atom stereocenters. The third kappa shape index (κ3) is 3.68. The fraction of sp³-hybridized carbons (Fsp3) is 0.318. The van der Waals surface area contributed by atoms with E-state index in [0.29, 0.717) is 48.9 Å². The van der Waals surface area contributed by atoms with E-state index in [4.69, 9.17) is 14.2 Å². The van der Waals surface area contributed by atoms with E-state index in [9.17, 15) is 14.4 Å². The molecule has 2 aromatic carbocycles. The molecule has 4 rings (SSSR count). The number of amides is 2. The van der Waals surface area contributed by atoms with Crippen molar-refractivity contribution in [1.29, 1.82) is 0 Å². The summed E-state index contributed by atoms with van der Waals surface area (Å²) in [6.07, 6.45) is 0.354. The molecule has 0 fully saturated rings. The molecule has 29 heavy (non-hydrogen) atoms. The van der Waals surface area contributed by atoms with Crippen molar-refractivity contribution >= 4 is 17.6 Å². The highest BCUT2D eigenvalue weighted by Crippen LogP contribution is 2.31. The Balaban J connectivity index is 1.62. The Morgan fingerprint density at radius 2 is 1.79 bits per heavy atom. The number of rotatable bonds is 5. The molecular formula is C22H21NO6. The summed E-state index contributed by atoms with van der Waals surface area (Å²) < 4.78 is 16.8. The fourth-order valence-corrected chi connectivity index (χ4v) is 3.42. The highest BCUT2D eigenvalue weighted by atomic mass is 16.6. The molecule has 0 bridgehead atoms. The number of imide groups is 1. The second-order valence-electron chi connectivity index (χ2n) is 6.90. The Kier molecular flexibility index (Phi) is 5.20. The van der Waals surface area contributed by atoms with Crippen LogP contribution in [0.3, 0.4) is 0 Å². The summed E-state index contributed by atoms with van der Waals surface area (Å²) in [4.78, 5) is 39.9. The first-order valence-electron chi connectivity index (χ1n) is 9.62. The average molecular weight is 395 g/mol. The van der Waals surface area contributed by atoms with Gasteiger partial charge in [0.25, 0.3) is 11.8 Å². The van der Waals surface area contributed by atoms with Crippen LogP contribution >= 0.6 is 0 Å². The normalized spacial score (nSPS) is 18.0. The van der Waals surface area contributed by atoms with Gasteiger partial charge in [-0.15, -0.1) is 0 Å². The summed E-state index contributed by atoms with van der Waals surface area (Å²) in [5.74, 6) is 0.0131. The maximum atomic E-state index is 13.0. The predicted octanol–water partition coefficient (Wildman–Crippen LogP) is 2.87. The summed E-state index contributed by atoms with van der Waals surface area (Å²) in [7, 11) is 0. The topological polar surface area (TPSA) is 82.1 Å². The van der Waals surface area contributed by atoms with Gasteiger partial charge in [-0.3, -0.25) is 19.3 Å². The van der Waals surface area contributed by atoms with Gasteiger partial charge >= 0.3 is 0 Å². The van der Waals surface area contributed by atoms with E-state index in [1.807, 2.05) is 6.92 Å². The van der Waals surface area contributed by atoms with Crippen LogP contribution in [0.4, 0.5) is 0 Å². The lowest BCUT2D eigenvalue weighted by molar-refractivity contribution is -0.135. The van der Waals surface area contributed by atoms with Crippen LogP contribution in [-0.2, 0) is 4.79 Å². The van der Waals surface area contributed by atoms with E-state index in [0.717, 1.165) is 4.90 Å². The molecule has 0 aromatic heterocycles. The molecule has 2 amide bonds. The molecule has 2 aromatic rings. The molecule has 7 nitrogen and oxygen atoms in total. The van der Waals surface area contributed by atoms with E-state index in [1.165, 1.54) is 0 Å². The molecule has 2 aliphatic rings. The van der Waals surface area contributed by atoms with Crippen LogP contribution in [-0.4, -0.2) is 48.4 Å². The third-order valence-electron chi connectivity index (χ3n) is 4.89. The van der Waals surface area contributed by atoms with Gasteiger partial charge in [-0.25, -0.2) is 0 Å². The van der Waals surface area contributed by atoms with Gasteiger partial charge in [-0.05, 0) is 36.8 Å². The maximum Gasteiger partial charge on any atom is 0.270 e. The number of para-hydroxylation sites is 1. The quantitative estimate of drug-likeness (QED) is 0.572. The lowest BCUT2D eigenvalue weighted by atomic mass is 10.1. The maximum absolute atomic E-state index is 13.0. The highest BCUT2D eigenvalue weighted by Gasteiger charge is 2.37. The van der Waals surface area contributed by atoms with Crippen molar-refractivity contribution in [2.45, 2.75) is 25.9 Å². The van der Waals surface area contributed by atoms with Gasteiger partial charge in [0.15, 0.2) is 23.4 Å². The minimum absolute atomic E-state index is 0.273. The van der Waals surface area contributed by atoms with Gasteiger partial charge in [0.1, 0.15) is 19.0 Å². The standard InChI is InChI=1S/C22H21NO6/c1-2-5-19-22(26)23(21(25)15-6-3-4-7-17(15)29-19)13-16(24)14-8-9-18-20(12-14)28-11-10-27-18/h3-4,6-9,12,19H,2,5,10-11,13H2,1H3. The minimum Gasteiger partial charge on any atom is -0.486 e. The lowest BCUT2D eigenvalue weighted by Gasteiger charge is -2.22. The van der Waals surface area contributed by atoms with Crippen molar-refractivity contribution in [3.05, 3.63) is 53.6 Å². The number of carbonyl (C=O) groups is 3. The molecule has 1 atom stereocenters. The zero-order chi connectivity index (χ0) is 20.4. The van der Waals surface area contributed by atoms with E-state index < -0.39 is 17.9 Å². The van der Waals surface area contributed by atoms with Gasteiger partial charge in [0.2, 0.25) is 0 Å². The van der Waals surface area contributed by atoms with Crippen LogP contribution in [0.2, 0.25) is 0 Å². The highest BCUT2D eigenvalue weighted by molar-refractivity contribution is 6.12. The summed E-state index contributed by atoms with van der Waals surface area (Å²) in [6, 6.07) is 11.6. The smallest absolute Gasteiger partial charge is 0.270 e. The number of Topliss-reactive ketones (excluding diaryl/α,β-unsaturated/α-hetero) is 1. The Bertz CT molecular complexity index is 970. The lowest BCUT2D eigenvalue weighted by Crippen LogP contribution is -2.45. The molecule has 0 saturated heterocycles. The largest absolute Gasteiger partial charge is 0.486 e. The first-order chi connectivity index (χ1) is 14.1. The monoisotopic (exact) mass is 395 g/mol. The first-order valence-corrected chi connectivity index (χ1v) is 9.62. The van der Waals surface area contributed by atoms with Gasteiger partial charge in [-0.1, -0.05) is 25.5 Å². The van der Waals surface area contributed by atoms with E-state index in [1.54, 1.807) is 42.5 Å².